The number of ether oxygens (including phenoxy) is 2. The normalized spacial score (nSPS) is 16.0. The average Bonchev–Trinajstić information content (AvgIpc) is 2.69. The molecular weight excluding hydrogens is 363 g/mol. The largest absolute Gasteiger partial charge is 0.496 e. The van der Waals surface area contributed by atoms with Gasteiger partial charge in [0.15, 0.2) is 5.82 Å². The highest BCUT2D eigenvalue weighted by atomic mass is 19.1. The number of carbonyl (C=O) groups excluding carboxylic acids is 1. The van der Waals surface area contributed by atoms with Crippen molar-refractivity contribution in [1.82, 2.24) is 15.3 Å². The van der Waals surface area contributed by atoms with E-state index in [1.54, 1.807) is 14.2 Å². The lowest BCUT2D eigenvalue weighted by molar-refractivity contribution is -0.134. The molecule has 3 rings (SSSR count). The van der Waals surface area contributed by atoms with Crippen molar-refractivity contribution in [3.8, 4) is 5.75 Å². The van der Waals surface area contributed by atoms with Crippen molar-refractivity contribution in [2.45, 2.75) is 37.3 Å². The van der Waals surface area contributed by atoms with E-state index in [9.17, 15) is 9.18 Å². The molecule has 1 saturated carbocycles. The zero-order valence-electron chi connectivity index (χ0n) is 16.1. The second kappa shape index (κ2) is 8.97. The number of nitrogens with zero attached hydrogens (tertiary/aromatic N) is 2. The number of anilines is 1. The monoisotopic (exact) mass is 388 g/mol. The van der Waals surface area contributed by atoms with E-state index in [4.69, 9.17) is 9.47 Å². The first-order chi connectivity index (χ1) is 13.5. The number of halogens is 1. The van der Waals surface area contributed by atoms with E-state index < -0.39 is 5.82 Å². The minimum Gasteiger partial charge on any atom is -0.496 e. The molecule has 1 aliphatic carbocycles. The third-order valence-electron chi connectivity index (χ3n) is 5.11. The van der Waals surface area contributed by atoms with Gasteiger partial charge in [-0.1, -0.05) is 18.2 Å². The van der Waals surface area contributed by atoms with Crippen LogP contribution in [0.5, 0.6) is 5.75 Å². The van der Waals surface area contributed by atoms with Crippen molar-refractivity contribution >= 4 is 11.9 Å². The molecule has 1 aromatic heterocycles. The van der Waals surface area contributed by atoms with Crippen molar-refractivity contribution in [1.29, 1.82) is 0 Å². The van der Waals surface area contributed by atoms with Gasteiger partial charge in [0.25, 0.3) is 0 Å². The van der Waals surface area contributed by atoms with Crippen LogP contribution in [0.2, 0.25) is 0 Å². The second-order valence-corrected chi connectivity index (χ2v) is 6.89. The number of methoxy groups -OCH3 is 2. The summed E-state index contributed by atoms with van der Waals surface area (Å²) in [7, 11) is 3.24. The number of rotatable bonds is 9. The number of hydrogen-bond donors (Lipinski definition) is 2. The molecule has 2 aromatic rings. The molecule has 0 radical (unpaired) electrons. The summed E-state index contributed by atoms with van der Waals surface area (Å²) in [5, 5.41) is 6.10. The Morgan fingerprint density at radius 2 is 1.96 bits per heavy atom. The van der Waals surface area contributed by atoms with Gasteiger partial charge in [0.1, 0.15) is 5.75 Å². The van der Waals surface area contributed by atoms with Gasteiger partial charge < -0.3 is 20.1 Å². The molecule has 0 saturated heterocycles. The van der Waals surface area contributed by atoms with Crippen LogP contribution < -0.4 is 15.4 Å². The molecule has 1 aromatic carbocycles. The predicted molar refractivity (Wildman–Crippen MR) is 103 cm³/mol. The van der Waals surface area contributed by atoms with Crippen molar-refractivity contribution in [2.24, 2.45) is 0 Å². The fourth-order valence-corrected chi connectivity index (χ4v) is 3.35. The van der Waals surface area contributed by atoms with E-state index in [0.717, 1.165) is 37.2 Å². The van der Waals surface area contributed by atoms with E-state index in [0.29, 0.717) is 18.7 Å². The number of aromatic nitrogens is 2. The molecule has 2 N–H and O–H groups in total. The zero-order chi connectivity index (χ0) is 20.0. The summed E-state index contributed by atoms with van der Waals surface area (Å²) in [6.45, 7) is 0.317. The van der Waals surface area contributed by atoms with E-state index in [1.807, 2.05) is 24.3 Å². The van der Waals surface area contributed by atoms with Crippen molar-refractivity contribution < 1.29 is 18.7 Å². The van der Waals surface area contributed by atoms with Crippen LogP contribution in [0.1, 0.15) is 37.3 Å². The second-order valence-electron chi connectivity index (χ2n) is 6.89. The summed E-state index contributed by atoms with van der Waals surface area (Å²) in [6, 6.07) is 7.10. The molecule has 1 aliphatic rings. The van der Waals surface area contributed by atoms with Crippen molar-refractivity contribution in [3.63, 3.8) is 0 Å². The van der Waals surface area contributed by atoms with Crippen LogP contribution in [0.3, 0.4) is 0 Å². The molecule has 1 atom stereocenters. The molecule has 0 bridgehead atoms. The van der Waals surface area contributed by atoms with Crippen LogP contribution in [-0.4, -0.2) is 42.2 Å². The lowest BCUT2D eigenvalue weighted by Gasteiger charge is -2.40. The summed E-state index contributed by atoms with van der Waals surface area (Å²) < 4.78 is 24.0. The third-order valence-corrected chi connectivity index (χ3v) is 5.11. The van der Waals surface area contributed by atoms with E-state index in [2.05, 4.69) is 20.6 Å². The van der Waals surface area contributed by atoms with E-state index in [1.165, 1.54) is 0 Å². The molecule has 1 fully saturated rings. The minimum absolute atomic E-state index is 0.0979. The highest BCUT2D eigenvalue weighted by Crippen LogP contribution is 2.38. The molecular formula is C20H25FN4O3. The fourth-order valence-electron chi connectivity index (χ4n) is 3.35. The molecule has 1 amide bonds. The number of para-hydroxylation sites is 1. The lowest BCUT2D eigenvalue weighted by atomic mass is 9.77. The number of nitrogens with one attached hydrogen (secondary N) is 2. The molecule has 7 nitrogen and oxygen atoms in total. The summed E-state index contributed by atoms with van der Waals surface area (Å²) in [6.07, 6.45) is 5.33. The number of benzene rings is 1. The van der Waals surface area contributed by atoms with Crippen LogP contribution in [0.25, 0.3) is 0 Å². The Hall–Kier alpha value is -2.74. The van der Waals surface area contributed by atoms with Crippen LogP contribution in [-0.2, 0) is 9.53 Å². The van der Waals surface area contributed by atoms with Gasteiger partial charge in [-0.2, -0.15) is 0 Å². The molecule has 150 valence electrons. The highest BCUT2D eigenvalue weighted by Gasteiger charge is 2.39. The molecule has 0 aliphatic heterocycles. The quantitative estimate of drug-likeness (QED) is 0.687. The highest BCUT2D eigenvalue weighted by molar-refractivity contribution is 5.78. The van der Waals surface area contributed by atoms with Crippen LogP contribution in [0.15, 0.2) is 36.7 Å². The maximum atomic E-state index is 13.0. The maximum Gasteiger partial charge on any atom is 0.223 e. The van der Waals surface area contributed by atoms with Gasteiger partial charge in [-0.25, -0.2) is 14.4 Å². The first-order valence-electron chi connectivity index (χ1n) is 9.24. The minimum atomic E-state index is -0.509. The number of carbonyl (C=O) groups is 1. The Bertz CT molecular complexity index is 791. The molecule has 0 spiro atoms. The number of amides is 1. The van der Waals surface area contributed by atoms with E-state index in [-0.39, 0.29) is 23.5 Å². The Morgan fingerprint density at radius 3 is 2.57 bits per heavy atom. The van der Waals surface area contributed by atoms with Gasteiger partial charge in [-0.15, -0.1) is 0 Å². The average molecular weight is 388 g/mol. The first kappa shape index (κ1) is 20.0. The zero-order valence-corrected chi connectivity index (χ0v) is 16.1. The Balaban J connectivity index is 1.73. The molecule has 28 heavy (non-hydrogen) atoms. The Labute approximate surface area is 163 Å². The van der Waals surface area contributed by atoms with Gasteiger partial charge in [-0.3, -0.25) is 4.79 Å². The molecule has 1 heterocycles. The molecule has 8 heteroatoms. The van der Waals surface area contributed by atoms with Gasteiger partial charge >= 0.3 is 0 Å². The maximum absolute atomic E-state index is 13.0. The smallest absolute Gasteiger partial charge is 0.223 e. The fraction of sp³-hybridized carbons (Fsp3) is 0.450. The third kappa shape index (κ3) is 4.75. The first-order valence-corrected chi connectivity index (χ1v) is 9.24. The van der Waals surface area contributed by atoms with Crippen molar-refractivity contribution in [3.05, 3.63) is 48.0 Å². The Kier molecular flexibility index (Phi) is 6.41. The topological polar surface area (TPSA) is 85.4 Å². The van der Waals surface area contributed by atoms with Gasteiger partial charge in [0.2, 0.25) is 11.9 Å². The van der Waals surface area contributed by atoms with Crippen LogP contribution in [0.4, 0.5) is 10.3 Å². The van der Waals surface area contributed by atoms with E-state index >= 15 is 0 Å². The SMILES string of the molecule is COc1ccccc1C(CNc1ncc(F)cn1)NC(=O)CC1(OC)CCC1. The lowest BCUT2D eigenvalue weighted by Crippen LogP contribution is -2.45. The van der Waals surface area contributed by atoms with Crippen LogP contribution in [0, 0.1) is 5.82 Å². The van der Waals surface area contributed by atoms with Gasteiger partial charge in [-0.05, 0) is 25.3 Å². The summed E-state index contributed by atoms with van der Waals surface area (Å²) in [5.41, 5.74) is 0.469. The van der Waals surface area contributed by atoms with Gasteiger partial charge in [0.05, 0.1) is 37.6 Å². The Morgan fingerprint density at radius 1 is 1.25 bits per heavy atom. The summed E-state index contributed by atoms with van der Waals surface area (Å²) in [5.74, 6) is 0.340. The summed E-state index contributed by atoms with van der Waals surface area (Å²) in [4.78, 5) is 20.5. The number of hydrogen-bond acceptors (Lipinski definition) is 6. The summed E-state index contributed by atoms with van der Waals surface area (Å²) >= 11 is 0. The van der Waals surface area contributed by atoms with Gasteiger partial charge in [0, 0.05) is 19.2 Å². The van der Waals surface area contributed by atoms with Crippen LogP contribution >= 0.6 is 0 Å². The van der Waals surface area contributed by atoms with Crippen molar-refractivity contribution in [2.75, 3.05) is 26.1 Å². The predicted octanol–water partition coefficient (Wildman–Crippen LogP) is 2.85. The standard InChI is InChI=1S/C20H25FN4O3/c1-27-17-7-4-3-6-15(17)16(13-24-19-22-11-14(21)12-23-19)25-18(26)10-20(28-2)8-5-9-20/h3-4,6-7,11-12,16H,5,8-10,13H2,1-2H3,(H,25,26)(H,22,23,24). The molecule has 1 unspecified atom stereocenters.